The van der Waals surface area contributed by atoms with Crippen LogP contribution in [0.1, 0.15) is 25.6 Å². The van der Waals surface area contributed by atoms with E-state index >= 15 is 0 Å². The van der Waals surface area contributed by atoms with Gasteiger partial charge in [-0.15, -0.1) is 0 Å². The highest BCUT2D eigenvalue weighted by molar-refractivity contribution is 9.10. The SMILES string of the molecule is CC(C)n1cncc1COc1ccc(Br)c(F)c1. The summed E-state index contributed by atoms with van der Waals surface area (Å²) in [5, 5.41) is 0. The fourth-order valence-corrected chi connectivity index (χ4v) is 1.88. The molecule has 0 unspecified atom stereocenters. The van der Waals surface area contributed by atoms with Crippen LogP contribution in [0.25, 0.3) is 0 Å². The maximum absolute atomic E-state index is 13.3. The van der Waals surface area contributed by atoms with E-state index in [0.717, 1.165) is 5.69 Å². The highest BCUT2D eigenvalue weighted by atomic mass is 79.9. The molecule has 0 saturated heterocycles. The Morgan fingerprint density at radius 3 is 2.89 bits per heavy atom. The second kappa shape index (κ2) is 5.52. The predicted octanol–water partition coefficient (Wildman–Crippen LogP) is 3.94. The van der Waals surface area contributed by atoms with Crippen LogP contribution < -0.4 is 4.74 Å². The van der Waals surface area contributed by atoms with Crippen molar-refractivity contribution in [1.82, 2.24) is 9.55 Å². The summed E-state index contributed by atoms with van der Waals surface area (Å²) in [5.74, 6) is 0.178. The van der Waals surface area contributed by atoms with E-state index in [1.165, 1.54) is 6.07 Å². The smallest absolute Gasteiger partial charge is 0.141 e. The van der Waals surface area contributed by atoms with Gasteiger partial charge >= 0.3 is 0 Å². The summed E-state index contributed by atoms with van der Waals surface area (Å²) >= 11 is 3.11. The van der Waals surface area contributed by atoms with Crippen LogP contribution in [-0.2, 0) is 6.61 Å². The summed E-state index contributed by atoms with van der Waals surface area (Å²) in [6, 6.07) is 5.04. The van der Waals surface area contributed by atoms with Crippen molar-refractivity contribution < 1.29 is 9.13 Å². The first kappa shape index (κ1) is 13.1. The zero-order valence-electron chi connectivity index (χ0n) is 10.2. The third-order valence-corrected chi connectivity index (χ3v) is 3.22. The quantitative estimate of drug-likeness (QED) is 0.855. The van der Waals surface area contributed by atoms with Gasteiger partial charge in [0.05, 0.1) is 22.7 Å². The van der Waals surface area contributed by atoms with Gasteiger partial charge in [-0.05, 0) is 41.9 Å². The monoisotopic (exact) mass is 312 g/mol. The molecule has 0 fully saturated rings. The Bertz CT molecular complexity index is 540. The van der Waals surface area contributed by atoms with Crippen molar-refractivity contribution in [2.45, 2.75) is 26.5 Å². The Hall–Kier alpha value is -1.36. The standard InChI is InChI=1S/C13H14BrFN2O/c1-9(2)17-8-16-6-10(17)7-18-11-3-4-12(14)13(15)5-11/h3-6,8-9H,7H2,1-2H3. The maximum Gasteiger partial charge on any atom is 0.141 e. The van der Waals surface area contributed by atoms with E-state index in [9.17, 15) is 4.39 Å². The highest BCUT2D eigenvalue weighted by Gasteiger charge is 2.07. The third kappa shape index (κ3) is 2.90. The molecule has 1 aromatic heterocycles. The molecule has 0 spiro atoms. The number of hydrogen-bond donors (Lipinski definition) is 0. The molecule has 0 aliphatic carbocycles. The molecule has 2 aromatic rings. The van der Waals surface area contributed by atoms with Crippen molar-refractivity contribution in [3.8, 4) is 5.75 Å². The van der Waals surface area contributed by atoms with Crippen molar-refractivity contribution >= 4 is 15.9 Å². The number of ether oxygens (including phenoxy) is 1. The van der Waals surface area contributed by atoms with Gasteiger partial charge in [0.15, 0.2) is 0 Å². The molecule has 0 saturated carbocycles. The molecule has 0 bridgehead atoms. The highest BCUT2D eigenvalue weighted by Crippen LogP contribution is 2.22. The number of hydrogen-bond acceptors (Lipinski definition) is 2. The van der Waals surface area contributed by atoms with E-state index in [2.05, 4.69) is 34.8 Å². The molecule has 18 heavy (non-hydrogen) atoms. The Kier molecular flexibility index (Phi) is 4.01. The molecule has 0 aliphatic rings. The fourth-order valence-electron chi connectivity index (χ4n) is 1.63. The van der Waals surface area contributed by atoms with Crippen molar-refractivity contribution in [1.29, 1.82) is 0 Å². The molecule has 1 aromatic carbocycles. The van der Waals surface area contributed by atoms with E-state index in [4.69, 9.17) is 4.74 Å². The van der Waals surface area contributed by atoms with Gasteiger partial charge in [-0.1, -0.05) is 0 Å². The Labute approximate surface area is 114 Å². The second-order valence-corrected chi connectivity index (χ2v) is 5.10. The van der Waals surface area contributed by atoms with Gasteiger partial charge in [0, 0.05) is 12.1 Å². The largest absolute Gasteiger partial charge is 0.487 e. The average Bonchev–Trinajstić information content (AvgIpc) is 2.79. The number of imidazole rings is 1. The molecule has 0 amide bonds. The van der Waals surface area contributed by atoms with Crippen LogP contribution >= 0.6 is 15.9 Å². The third-order valence-electron chi connectivity index (χ3n) is 2.58. The van der Waals surface area contributed by atoms with Crippen LogP contribution in [0.4, 0.5) is 4.39 Å². The maximum atomic E-state index is 13.3. The summed E-state index contributed by atoms with van der Waals surface area (Å²) in [6.07, 6.45) is 3.53. The van der Waals surface area contributed by atoms with E-state index in [1.807, 2.05) is 4.57 Å². The molecule has 1 heterocycles. The lowest BCUT2D eigenvalue weighted by atomic mass is 10.3. The van der Waals surface area contributed by atoms with Crippen molar-refractivity contribution in [3.63, 3.8) is 0 Å². The molecule has 5 heteroatoms. The number of rotatable bonds is 4. The molecular formula is C13H14BrFN2O. The Balaban J connectivity index is 2.07. The van der Waals surface area contributed by atoms with Gasteiger partial charge in [0.1, 0.15) is 18.2 Å². The summed E-state index contributed by atoms with van der Waals surface area (Å²) < 4.78 is 21.3. The summed E-state index contributed by atoms with van der Waals surface area (Å²) in [7, 11) is 0. The van der Waals surface area contributed by atoms with Gasteiger partial charge in [-0.2, -0.15) is 0 Å². The first-order chi connectivity index (χ1) is 8.58. The zero-order valence-corrected chi connectivity index (χ0v) is 11.8. The number of nitrogens with zero attached hydrogens (tertiary/aromatic N) is 2. The molecular weight excluding hydrogens is 299 g/mol. The minimum absolute atomic E-state index is 0.327. The second-order valence-electron chi connectivity index (χ2n) is 4.25. The van der Waals surface area contributed by atoms with Crippen molar-refractivity contribution in [2.24, 2.45) is 0 Å². The Morgan fingerprint density at radius 2 is 2.22 bits per heavy atom. The number of aromatic nitrogens is 2. The molecule has 0 atom stereocenters. The molecule has 3 nitrogen and oxygen atoms in total. The minimum atomic E-state index is -0.329. The first-order valence-electron chi connectivity index (χ1n) is 5.66. The first-order valence-corrected chi connectivity index (χ1v) is 6.46. The van der Waals surface area contributed by atoms with E-state index < -0.39 is 0 Å². The van der Waals surface area contributed by atoms with Gasteiger partial charge in [0.2, 0.25) is 0 Å². The van der Waals surface area contributed by atoms with Crippen LogP contribution in [0.3, 0.4) is 0 Å². The summed E-state index contributed by atoms with van der Waals surface area (Å²) in [5.41, 5.74) is 0.966. The van der Waals surface area contributed by atoms with Crippen LogP contribution in [0.15, 0.2) is 35.2 Å². The molecule has 0 aliphatic heterocycles. The molecule has 0 radical (unpaired) electrons. The van der Waals surface area contributed by atoms with Crippen LogP contribution in [0, 0.1) is 5.82 Å². The zero-order chi connectivity index (χ0) is 13.1. The lowest BCUT2D eigenvalue weighted by molar-refractivity contribution is 0.290. The lowest BCUT2D eigenvalue weighted by Crippen LogP contribution is -2.07. The fraction of sp³-hybridized carbons (Fsp3) is 0.308. The lowest BCUT2D eigenvalue weighted by Gasteiger charge is -2.12. The van der Waals surface area contributed by atoms with Crippen LogP contribution in [0.5, 0.6) is 5.75 Å². The predicted molar refractivity (Wildman–Crippen MR) is 71.0 cm³/mol. The molecule has 96 valence electrons. The minimum Gasteiger partial charge on any atom is -0.487 e. The summed E-state index contributed by atoms with van der Waals surface area (Å²) in [6.45, 7) is 4.52. The number of benzene rings is 1. The van der Waals surface area contributed by atoms with Gasteiger partial charge in [-0.3, -0.25) is 0 Å². The van der Waals surface area contributed by atoms with Crippen molar-refractivity contribution in [2.75, 3.05) is 0 Å². The van der Waals surface area contributed by atoms with Gasteiger partial charge < -0.3 is 9.30 Å². The summed E-state index contributed by atoms with van der Waals surface area (Å²) in [4.78, 5) is 4.09. The van der Waals surface area contributed by atoms with Gasteiger partial charge in [-0.25, -0.2) is 9.37 Å². The van der Waals surface area contributed by atoms with E-state index in [1.54, 1.807) is 24.7 Å². The average molecular weight is 313 g/mol. The molecule has 2 rings (SSSR count). The Morgan fingerprint density at radius 1 is 1.44 bits per heavy atom. The van der Waals surface area contributed by atoms with E-state index in [-0.39, 0.29) is 5.82 Å². The van der Waals surface area contributed by atoms with Crippen LogP contribution in [0.2, 0.25) is 0 Å². The molecule has 0 N–H and O–H groups in total. The van der Waals surface area contributed by atoms with Crippen LogP contribution in [-0.4, -0.2) is 9.55 Å². The van der Waals surface area contributed by atoms with Gasteiger partial charge in [0.25, 0.3) is 0 Å². The normalized spacial score (nSPS) is 10.9. The van der Waals surface area contributed by atoms with Crippen molar-refractivity contribution in [3.05, 3.63) is 46.7 Å². The van der Waals surface area contributed by atoms with E-state index in [0.29, 0.717) is 22.9 Å². The number of halogens is 2. The topological polar surface area (TPSA) is 27.1 Å².